The number of carbonyl (C=O) groups excluding carboxylic acids is 2. The van der Waals surface area contributed by atoms with E-state index in [4.69, 9.17) is 5.73 Å². The normalized spacial score (nSPS) is 13.4. The molecule has 6 nitrogen and oxygen atoms in total. The number of benzene rings is 1. The number of primary amides is 1. The van der Waals surface area contributed by atoms with Crippen molar-refractivity contribution in [1.29, 1.82) is 0 Å². The van der Waals surface area contributed by atoms with Gasteiger partial charge in [-0.05, 0) is 38.6 Å². The number of nitrogens with one attached hydrogen (secondary N) is 3. The second-order valence-electron chi connectivity index (χ2n) is 4.35. The third kappa shape index (κ3) is 4.59. The number of anilines is 1. The van der Waals surface area contributed by atoms with Gasteiger partial charge in [0.25, 0.3) is 0 Å². The molecular formula is C13H20N4O2. The smallest absolute Gasteiger partial charge is 0.316 e. The minimum Gasteiger partial charge on any atom is -0.351 e. The molecule has 104 valence electrons. The van der Waals surface area contributed by atoms with E-state index in [2.05, 4.69) is 16.0 Å². The minimum absolute atomic E-state index is 0.0608. The van der Waals surface area contributed by atoms with Crippen molar-refractivity contribution in [3.8, 4) is 0 Å². The second-order valence-corrected chi connectivity index (χ2v) is 4.35. The summed E-state index contributed by atoms with van der Waals surface area (Å²) >= 11 is 0. The Morgan fingerprint density at radius 1 is 1.16 bits per heavy atom. The lowest BCUT2D eigenvalue weighted by atomic mass is 10.1. The third-order valence-corrected chi connectivity index (χ3v) is 2.86. The maximum absolute atomic E-state index is 11.7. The average molecular weight is 264 g/mol. The molecule has 0 fully saturated rings. The molecule has 0 radical (unpaired) electrons. The standard InChI is InChI=1S/C13H20N4O2/c1-8(16-12(18)9(2)15-3)10-4-6-11(7-5-10)17-13(14)19/h4-9,15H,1-3H3,(H,16,18)(H3,14,17,19). The zero-order valence-electron chi connectivity index (χ0n) is 11.4. The van der Waals surface area contributed by atoms with Gasteiger partial charge in [-0.25, -0.2) is 4.79 Å². The molecule has 0 aliphatic heterocycles. The molecule has 5 N–H and O–H groups in total. The Labute approximate surface area is 112 Å². The molecule has 0 saturated heterocycles. The summed E-state index contributed by atoms with van der Waals surface area (Å²) in [5.74, 6) is -0.0608. The number of amides is 3. The molecule has 1 rings (SSSR count). The first-order valence-corrected chi connectivity index (χ1v) is 6.08. The Morgan fingerprint density at radius 2 is 1.74 bits per heavy atom. The van der Waals surface area contributed by atoms with Gasteiger partial charge >= 0.3 is 6.03 Å². The molecule has 2 unspecified atom stereocenters. The van der Waals surface area contributed by atoms with E-state index in [1.54, 1.807) is 26.1 Å². The first-order chi connectivity index (χ1) is 8.93. The van der Waals surface area contributed by atoms with Crippen molar-refractivity contribution in [2.24, 2.45) is 5.73 Å². The van der Waals surface area contributed by atoms with Crippen LogP contribution in [0.25, 0.3) is 0 Å². The summed E-state index contributed by atoms with van der Waals surface area (Å²) in [7, 11) is 1.74. The van der Waals surface area contributed by atoms with Crippen LogP contribution >= 0.6 is 0 Å². The van der Waals surface area contributed by atoms with Crippen LogP contribution in [0.3, 0.4) is 0 Å². The van der Waals surface area contributed by atoms with Crippen LogP contribution < -0.4 is 21.7 Å². The fourth-order valence-corrected chi connectivity index (χ4v) is 1.55. The molecule has 6 heteroatoms. The lowest BCUT2D eigenvalue weighted by molar-refractivity contribution is -0.123. The maximum atomic E-state index is 11.7. The van der Waals surface area contributed by atoms with Crippen molar-refractivity contribution < 1.29 is 9.59 Å². The average Bonchev–Trinajstić information content (AvgIpc) is 2.37. The van der Waals surface area contributed by atoms with Crippen LogP contribution in [-0.2, 0) is 4.79 Å². The number of hydrogen-bond acceptors (Lipinski definition) is 3. The molecule has 0 saturated carbocycles. The van der Waals surface area contributed by atoms with E-state index in [0.717, 1.165) is 5.56 Å². The summed E-state index contributed by atoms with van der Waals surface area (Å²) in [6, 6.07) is 6.20. The van der Waals surface area contributed by atoms with E-state index in [-0.39, 0.29) is 18.0 Å². The molecule has 19 heavy (non-hydrogen) atoms. The number of hydrogen-bond donors (Lipinski definition) is 4. The fourth-order valence-electron chi connectivity index (χ4n) is 1.55. The quantitative estimate of drug-likeness (QED) is 0.638. The maximum Gasteiger partial charge on any atom is 0.316 e. The van der Waals surface area contributed by atoms with E-state index in [1.165, 1.54) is 0 Å². The van der Waals surface area contributed by atoms with E-state index in [1.807, 2.05) is 19.1 Å². The lowest BCUT2D eigenvalue weighted by Gasteiger charge is -2.17. The van der Waals surface area contributed by atoms with Crippen LogP contribution in [0, 0.1) is 0 Å². The van der Waals surface area contributed by atoms with Crippen molar-refractivity contribution in [2.45, 2.75) is 25.9 Å². The van der Waals surface area contributed by atoms with Crippen molar-refractivity contribution >= 4 is 17.6 Å². The summed E-state index contributed by atoms with van der Waals surface area (Å²) in [5.41, 5.74) is 6.60. The minimum atomic E-state index is -0.600. The molecule has 1 aromatic carbocycles. The third-order valence-electron chi connectivity index (χ3n) is 2.86. The highest BCUT2D eigenvalue weighted by atomic mass is 16.2. The molecule has 3 amide bonds. The van der Waals surface area contributed by atoms with Gasteiger partial charge in [-0.3, -0.25) is 4.79 Å². The first kappa shape index (κ1) is 15.0. The molecule has 0 spiro atoms. The highest BCUT2D eigenvalue weighted by Crippen LogP contribution is 2.16. The molecule has 0 bridgehead atoms. The predicted molar refractivity (Wildman–Crippen MR) is 74.7 cm³/mol. The summed E-state index contributed by atoms with van der Waals surface area (Å²) in [5, 5.41) is 8.25. The van der Waals surface area contributed by atoms with Gasteiger partial charge < -0.3 is 21.7 Å². The number of likely N-dealkylation sites (N-methyl/N-ethyl adjacent to an activating group) is 1. The summed E-state index contributed by atoms with van der Waals surface area (Å²) < 4.78 is 0. The molecular weight excluding hydrogens is 244 g/mol. The van der Waals surface area contributed by atoms with Gasteiger partial charge in [0.05, 0.1) is 12.1 Å². The van der Waals surface area contributed by atoms with Crippen molar-refractivity contribution in [3.05, 3.63) is 29.8 Å². The molecule has 0 heterocycles. The zero-order valence-corrected chi connectivity index (χ0v) is 11.4. The van der Waals surface area contributed by atoms with Gasteiger partial charge in [0, 0.05) is 5.69 Å². The van der Waals surface area contributed by atoms with Gasteiger partial charge in [-0.1, -0.05) is 12.1 Å². The van der Waals surface area contributed by atoms with E-state index >= 15 is 0 Å². The summed E-state index contributed by atoms with van der Waals surface area (Å²) in [4.78, 5) is 22.4. The molecule has 0 aromatic heterocycles. The number of carbonyl (C=O) groups is 2. The Hall–Kier alpha value is -2.08. The van der Waals surface area contributed by atoms with E-state index in [0.29, 0.717) is 5.69 Å². The number of rotatable bonds is 5. The second kappa shape index (κ2) is 6.75. The van der Waals surface area contributed by atoms with Crippen molar-refractivity contribution in [2.75, 3.05) is 12.4 Å². The zero-order chi connectivity index (χ0) is 14.4. The summed E-state index contributed by atoms with van der Waals surface area (Å²) in [6.07, 6.45) is 0. The Morgan fingerprint density at radius 3 is 2.21 bits per heavy atom. The van der Waals surface area contributed by atoms with Crippen LogP contribution in [0.15, 0.2) is 24.3 Å². The SMILES string of the molecule is CNC(C)C(=O)NC(C)c1ccc(NC(N)=O)cc1. The molecule has 0 aliphatic rings. The predicted octanol–water partition coefficient (Wildman–Crippen LogP) is 0.962. The fraction of sp³-hybridized carbons (Fsp3) is 0.385. The lowest BCUT2D eigenvalue weighted by Crippen LogP contribution is -2.41. The first-order valence-electron chi connectivity index (χ1n) is 6.08. The summed E-state index contributed by atoms with van der Waals surface area (Å²) in [6.45, 7) is 3.69. The van der Waals surface area contributed by atoms with Crippen molar-refractivity contribution in [3.63, 3.8) is 0 Å². The van der Waals surface area contributed by atoms with E-state index < -0.39 is 6.03 Å². The van der Waals surface area contributed by atoms with E-state index in [9.17, 15) is 9.59 Å². The Bertz CT molecular complexity index is 444. The van der Waals surface area contributed by atoms with Crippen LogP contribution in [0.1, 0.15) is 25.5 Å². The van der Waals surface area contributed by atoms with Crippen LogP contribution in [-0.4, -0.2) is 25.0 Å². The van der Waals surface area contributed by atoms with Gasteiger partial charge in [0.1, 0.15) is 0 Å². The van der Waals surface area contributed by atoms with Gasteiger partial charge in [0.15, 0.2) is 0 Å². The molecule has 2 atom stereocenters. The highest BCUT2D eigenvalue weighted by molar-refractivity contribution is 5.87. The van der Waals surface area contributed by atoms with Crippen LogP contribution in [0.4, 0.5) is 10.5 Å². The monoisotopic (exact) mass is 264 g/mol. The largest absolute Gasteiger partial charge is 0.351 e. The Kier molecular flexibility index (Phi) is 5.32. The van der Waals surface area contributed by atoms with Gasteiger partial charge in [0.2, 0.25) is 5.91 Å². The van der Waals surface area contributed by atoms with Crippen LogP contribution in [0.2, 0.25) is 0 Å². The van der Waals surface area contributed by atoms with Gasteiger partial charge in [-0.15, -0.1) is 0 Å². The van der Waals surface area contributed by atoms with Crippen molar-refractivity contribution in [1.82, 2.24) is 10.6 Å². The topological polar surface area (TPSA) is 96.2 Å². The molecule has 1 aromatic rings. The Balaban J connectivity index is 2.65. The van der Waals surface area contributed by atoms with Crippen LogP contribution in [0.5, 0.6) is 0 Å². The number of urea groups is 1. The number of nitrogens with two attached hydrogens (primary N) is 1. The highest BCUT2D eigenvalue weighted by Gasteiger charge is 2.14. The molecule has 0 aliphatic carbocycles. The van der Waals surface area contributed by atoms with Gasteiger partial charge in [-0.2, -0.15) is 0 Å².